The van der Waals surface area contributed by atoms with E-state index in [0.29, 0.717) is 0 Å². The molecular weight excluding hydrogens is 232 g/mol. The van der Waals surface area contributed by atoms with E-state index in [9.17, 15) is 0 Å². The number of ether oxygens (including phenoxy) is 1. The fourth-order valence-electron chi connectivity index (χ4n) is 2.31. The Hall–Kier alpha value is -0.350. The average molecular weight is 258 g/mol. The zero-order valence-electron chi connectivity index (χ0n) is 11.2. The highest BCUT2D eigenvalue weighted by molar-refractivity contribution is 7.80. The molecular formula is C13H26N2OS. The lowest BCUT2D eigenvalue weighted by molar-refractivity contribution is 0.145. The highest BCUT2D eigenvalue weighted by atomic mass is 32.1. The molecule has 0 aromatic rings. The Morgan fingerprint density at radius 1 is 1.41 bits per heavy atom. The zero-order chi connectivity index (χ0) is 12.5. The van der Waals surface area contributed by atoms with E-state index in [0.717, 1.165) is 43.8 Å². The molecule has 1 aliphatic carbocycles. The summed E-state index contributed by atoms with van der Waals surface area (Å²) in [6.07, 6.45) is 6.56. The summed E-state index contributed by atoms with van der Waals surface area (Å²) in [6.45, 7) is 5.66. The van der Waals surface area contributed by atoms with Crippen LogP contribution in [0.3, 0.4) is 0 Å². The second kappa shape index (κ2) is 8.70. The first-order valence-corrected chi connectivity index (χ1v) is 7.21. The van der Waals surface area contributed by atoms with Crippen molar-refractivity contribution in [3.63, 3.8) is 0 Å². The molecule has 0 amide bonds. The molecule has 17 heavy (non-hydrogen) atoms. The maximum Gasteiger partial charge on any atom is 0.168 e. The predicted molar refractivity (Wildman–Crippen MR) is 76.3 cm³/mol. The fourth-order valence-corrected chi connectivity index (χ4v) is 2.49. The van der Waals surface area contributed by atoms with Crippen molar-refractivity contribution in [2.45, 2.75) is 39.0 Å². The molecule has 0 bridgehead atoms. The van der Waals surface area contributed by atoms with Crippen LogP contribution in [0.15, 0.2) is 0 Å². The van der Waals surface area contributed by atoms with Gasteiger partial charge in [-0.15, -0.1) is 0 Å². The van der Waals surface area contributed by atoms with Gasteiger partial charge >= 0.3 is 0 Å². The summed E-state index contributed by atoms with van der Waals surface area (Å²) in [5.41, 5.74) is 0. The number of rotatable bonds is 7. The van der Waals surface area contributed by atoms with Gasteiger partial charge in [-0.2, -0.15) is 0 Å². The van der Waals surface area contributed by atoms with E-state index in [2.05, 4.69) is 17.3 Å². The van der Waals surface area contributed by atoms with Gasteiger partial charge in [0, 0.05) is 33.4 Å². The Morgan fingerprint density at radius 3 is 2.76 bits per heavy atom. The number of nitrogens with one attached hydrogen (secondary N) is 1. The lowest BCUT2D eigenvalue weighted by atomic mass is 10.1. The average Bonchev–Trinajstić information content (AvgIpc) is 2.81. The lowest BCUT2D eigenvalue weighted by Crippen LogP contribution is -2.39. The van der Waals surface area contributed by atoms with Gasteiger partial charge in [-0.25, -0.2) is 0 Å². The Bertz CT molecular complexity index is 217. The van der Waals surface area contributed by atoms with Crippen molar-refractivity contribution in [1.29, 1.82) is 0 Å². The van der Waals surface area contributed by atoms with E-state index >= 15 is 0 Å². The predicted octanol–water partition coefficient (Wildman–Crippen LogP) is 2.41. The molecule has 0 unspecified atom stereocenters. The summed E-state index contributed by atoms with van der Waals surface area (Å²) in [4.78, 5) is 2.19. The second-order valence-electron chi connectivity index (χ2n) is 4.81. The molecule has 3 nitrogen and oxygen atoms in total. The summed E-state index contributed by atoms with van der Waals surface area (Å²) in [5.74, 6) is 0.850. The summed E-state index contributed by atoms with van der Waals surface area (Å²) < 4.78 is 5.29. The SMILES string of the molecule is CCOCCCNC(=S)N(C)CC1CCCC1. The van der Waals surface area contributed by atoms with E-state index in [1.165, 1.54) is 25.7 Å². The van der Waals surface area contributed by atoms with Gasteiger partial charge in [-0.3, -0.25) is 0 Å². The zero-order valence-corrected chi connectivity index (χ0v) is 12.0. The minimum Gasteiger partial charge on any atom is -0.382 e. The van der Waals surface area contributed by atoms with Crippen molar-refractivity contribution in [3.05, 3.63) is 0 Å². The largest absolute Gasteiger partial charge is 0.382 e. The smallest absolute Gasteiger partial charge is 0.168 e. The Morgan fingerprint density at radius 2 is 2.12 bits per heavy atom. The third kappa shape index (κ3) is 6.22. The molecule has 0 atom stereocenters. The monoisotopic (exact) mass is 258 g/mol. The van der Waals surface area contributed by atoms with Gasteiger partial charge in [0.25, 0.3) is 0 Å². The van der Waals surface area contributed by atoms with Crippen LogP contribution in [0.2, 0.25) is 0 Å². The van der Waals surface area contributed by atoms with Gasteiger partial charge in [-0.1, -0.05) is 12.8 Å². The molecule has 1 fully saturated rings. The van der Waals surface area contributed by atoms with Crippen LogP contribution in [0.25, 0.3) is 0 Å². The van der Waals surface area contributed by atoms with Crippen LogP contribution >= 0.6 is 12.2 Å². The highest BCUT2D eigenvalue weighted by Crippen LogP contribution is 2.25. The maximum absolute atomic E-state index is 5.36. The third-order valence-corrected chi connectivity index (χ3v) is 3.76. The number of hydrogen-bond acceptors (Lipinski definition) is 2. The summed E-state index contributed by atoms with van der Waals surface area (Å²) in [7, 11) is 2.09. The van der Waals surface area contributed by atoms with Crippen LogP contribution < -0.4 is 5.32 Å². The van der Waals surface area contributed by atoms with E-state index in [1.54, 1.807) is 0 Å². The van der Waals surface area contributed by atoms with Gasteiger partial charge in [0.05, 0.1) is 0 Å². The number of nitrogens with zero attached hydrogens (tertiary/aromatic N) is 1. The second-order valence-corrected chi connectivity index (χ2v) is 5.20. The van der Waals surface area contributed by atoms with E-state index in [-0.39, 0.29) is 0 Å². The van der Waals surface area contributed by atoms with E-state index in [4.69, 9.17) is 17.0 Å². The van der Waals surface area contributed by atoms with Gasteiger partial charge in [0.2, 0.25) is 0 Å². The Labute approximate surface area is 111 Å². The standard InChI is InChI=1S/C13H26N2OS/c1-3-16-10-6-9-14-13(17)15(2)11-12-7-4-5-8-12/h12H,3-11H2,1-2H3,(H,14,17). The lowest BCUT2D eigenvalue weighted by Gasteiger charge is -2.24. The summed E-state index contributed by atoms with van der Waals surface area (Å²) in [5, 5.41) is 4.18. The Balaban J connectivity index is 2.05. The highest BCUT2D eigenvalue weighted by Gasteiger charge is 2.17. The normalized spacial score (nSPS) is 16.1. The maximum atomic E-state index is 5.36. The fraction of sp³-hybridized carbons (Fsp3) is 0.923. The van der Waals surface area contributed by atoms with E-state index in [1.807, 2.05) is 6.92 Å². The molecule has 0 spiro atoms. The van der Waals surface area contributed by atoms with Crippen LogP contribution in [-0.4, -0.2) is 43.4 Å². The number of thiocarbonyl (C=S) groups is 1. The summed E-state index contributed by atoms with van der Waals surface area (Å²) >= 11 is 5.36. The van der Waals surface area contributed by atoms with Crippen LogP contribution in [0.4, 0.5) is 0 Å². The molecule has 1 rings (SSSR count). The molecule has 0 aliphatic heterocycles. The van der Waals surface area contributed by atoms with Crippen LogP contribution in [0.1, 0.15) is 39.0 Å². The van der Waals surface area contributed by atoms with Gasteiger partial charge in [0.1, 0.15) is 0 Å². The molecule has 0 saturated heterocycles. The topological polar surface area (TPSA) is 24.5 Å². The van der Waals surface area contributed by atoms with Gasteiger partial charge < -0.3 is 15.0 Å². The van der Waals surface area contributed by atoms with Crippen molar-refractivity contribution >= 4 is 17.3 Å². The third-order valence-electron chi connectivity index (χ3n) is 3.30. The molecule has 1 aliphatic rings. The molecule has 4 heteroatoms. The first kappa shape index (κ1) is 14.7. The summed E-state index contributed by atoms with van der Waals surface area (Å²) in [6, 6.07) is 0. The number of hydrogen-bond donors (Lipinski definition) is 1. The first-order valence-electron chi connectivity index (χ1n) is 6.80. The van der Waals surface area contributed by atoms with Crippen LogP contribution in [0.5, 0.6) is 0 Å². The molecule has 100 valence electrons. The van der Waals surface area contributed by atoms with Crippen LogP contribution in [0, 0.1) is 5.92 Å². The molecule has 1 N–H and O–H groups in total. The van der Waals surface area contributed by atoms with E-state index < -0.39 is 0 Å². The minimum atomic E-state index is 0.798. The quantitative estimate of drug-likeness (QED) is 0.560. The Kier molecular flexibility index (Phi) is 7.53. The molecule has 0 radical (unpaired) electrons. The molecule has 0 aromatic carbocycles. The molecule has 0 aromatic heterocycles. The van der Waals surface area contributed by atoms with Gasteiger partial charge in [0.15, 0.2) is 5.11 Å². The van der Waals surface area contributed by atoms with Crippen molar-refractivity contribution < 1.29 is 4.74 Å². The van der Waals surface area contributed by atoms with Gasteiger partial charge in [-0.05, 0) is 44.3 Å². The van der Waals surface area contributed by atoms with Crippen molar-refractivity contribution in [1.82, 2.24) is 10.2 Å². The first-order chi connectivity index (χ1) is 8.24. The molecule has 1 saturated carbocycles. The van der Waals surface area contributed by atoms with Crippen molar-refractivity contribution in [3.8, 4) is 0 Å². The molecule has 0 heterocycles. The van der Waals surface area contributed by atoms with Crippen molar-refractivity contribution in [2.24, 2.45) is 5.92 Å². The van der Waals surface area contributed by atoms with Crippen molar-refractivity contribution in [2.75, 3.05) is 33.4 Å². The minimum absolute atomic E-state index is 0.798. The van der Waals surface area contributed by atoms with Crippen LogP contribution in [-0.2, 0) is 4.74 Å².